The summed E-state index contributed by atoms with van der Waals surface area (Å²) in [6.07, 6.45) is 2.85. The molecule has 11 heavy (non-hydrogen) atoms. The van der Waals surface area contributed by atoms with Gasteiger partial charge in [0, 0.05) is 13.7 Å². The van der Waals surface area contributed by atoms with E-state index in [2.05, 4.69) is 0 Å². The molecule has 0 spiro atoms. The first kappa shape index (κ1) is 8.68. The minimum absolute atomic E-state index is 0.0761. The smallest absolute Gasteiger partial charge is 0.187 e. The highest BCUT2D eigenvalue weighted by atomic mass is 16.5. The summed E-state index contributed by atoms with van der Waals surface area (Å²) >= 11 is 0. The largest absolute Gasteiger partial charge is 0.377 e. The number of carbonyl (C=O) groups is 1. The molecule has 0 aromatic rings. The number of carbonyl (C=O) groups excluding carboxylic acids is 1. The number of rotatable bonds is 3. The maximum atomic E-state index is 11.1. The molecule has 64 valence electrons. The molecule has 3 nitrogen and oxygen atoms in total. The molecule has 3 heteroatoms. The fourth-order valence-electron chi connectivity index (χ4n) is 1.23. The topological polar surface area (TPSA) is 35.5 Å². The van der Waals surface area contributed by atoms with Crippen LogP contribution in [-0.4, -0.2) is 32.2 Å². The Labute approximate surface area is 66.7 Å². The molecule has 0 radical (unpaired) electrons. The SMILES string of the molecule is COCC(=O)C1CCCCO1. The van der Waals surface area contributed by atoms with Crippen LogP contribution in [0.1, 0.15) is 19.3 Å². The van der Waals surface area contributed by atoms with Gasteiger partial charge in [0.1, 0.15) is 12.7 Å². The summed E-state index contributed by atoms with van der Waals surface area (Å²) < 4.78 is 9.99. The van der Waals surface area contributed by atoms with E-state index in [1.807, 2.05) is 0 Å². The lowest BCUT2D eigenvalue weighted by atomic mass is 10.1. The summed E-state index contributed by atoms with van der Waals surface area (Å²) in [5.74, 6) is 0.0761. The highest BCUT2D eigenvalue weighted by molar-refractivity contribution is 5.84. The van der Waals surface area contributed by atoms with Crippen LogP contribution >= 0.6 is 0 Å². The van der Waals surface area contributed by atoms with Crippen molar-refractivity contribution in [2.45, 2.75) is 25.4 Å². The molecule has 1 rings (SSSR count). The molecule has 1 heterocycles. The third-order valence-electron chi connectivity index (χ3n) is 1.83. The van der Waals surface area contributed by atoms with E-state index in [1.54, 1.807) is 0 Å². The number of hydrogen-bond acceptors (Lipinski definition) is 3. The van der Waals surface area contributed by atoms with Gasteiger partial charge in [0.15, 0.2) is 5.78 Å². The third-order valence-corrected chi connectivity index (χ3v) is 1.83. The number of methoxy groups -OCH3 is 1. The Morgan fingerprint density at radius 3 is 3.00 bits per heavy atom. The van der Waals surface area contributed by atoms with Gasteiger partial charge in [-0.3, -0.25) is 4.79 Å². The van der Waals surface area contributed by atoms with E-state index in [9.17, 15) is 4.79 Å². The van der Waals surface area contributed by atoms with E-state index in [-0.39, 0.29) is 18.5 Å². The molecule has 1 aliphatic heterocycles. The van der Waals surface area contributed by atoms with Crippen LogP contribution in [0.4, 0.5) is 0 Å². The summed E-state index contributed by atoms with van der Waals surface area (Å²) in [6.45, 7) is 0.908. The molecule has 0 saturated carbocycles. The minimum atomic E-state index is -0.191. The van der Waals surface area contributed by atoms with Gasteiger partial charge < -0.3 is 9.47 Å². The van der Waals surface area contributed by atoms with E-state index >= 15 is 0 Å². The molecule has 0 amide bonds. The molecule has 0 aliphatic carbocycles. The Morgan fingerprint density at radius 2 is 2.45 bits per heavy atom. The summed E-state index contributed by atoms with van der Waals surface area (Å²) in [5, 5.41) is 0. The number of ketones is 1. The van der Waals surface area contributed by atoms with Crippen molar-refractivity contribution in [1.82, 2.24) is 0 Å². The standard InChI is InChI=1S/C8H14O3/c1-10-6-7(9)8-4-2-3-5-11-8/h8H,2-6H2,1H3. The molecule has 0 bridgehead atoms. The fraction of sp³-hybridized carbons (Fsp3) is 0.875. The number of ether oxygens (including phenoxy) is 2. The van der Waals surface area contributed by atoms with Crippen LogP contribution in [0.5, 0.6) is 0 Å². The van der Waals surface area contributed by atoms with Gasteiger partial charge in [-0.05, 0) is 19.3 Å². The molecule has 1 fully saturated rings. The fourth-order valence-corrected chi connectivity index (χ4v) is 1.23. The highest BCUT2D eigenvalue weighted by Crippen LogP contribution is 2.13. The molecule has 0 aromatic heterocycles. The number of hydrogen-bond donors (Lipinski definition) is 0. The Balaban J connectivity index is 2.27. The van der Waals surface area contributed by atoms with Crippen LogP contribution in [0.3, 0.4) is 0 Å². The Hall–Kier alpha value is -0.410. The van der Waals surface area contributed by atoms with Crippen LogP contribution in [0.15, 0.2) is 0 Å². The zero-order valence-corrected chi connectivity index (χ0v) is 6.84. The van der Waals surface area contributed by atoms with Crippen LogP contribution in [-0.2, 0) is 14.3 Å². The average molecular weight is 158 g/mol. The van der Waals surface area contributed by atoms with Gasteiger partial charge in [-0.15, -0.1) is 0 Å². The summed E-state index contributed by atoms with van der Waals surface area (Å²) in [5.41, 5.74) is 0. The van der Waals surface area contributed by atoms with Crippen molar-refractivity contribution in [3.8, 4) is 0 Å². The molecular weight excluding hydrogens is 144 g/mol. The minimum Gasteiger partial charge on any atom is -0.377 e. The lowest BCUT2D eigenvalue weighted by Crippen LogP contribution is -2.30. The van der Waals surface area contributed by atoms with Gasteiger partial charge in [0.2, 0.25) is 0 Å². The molecule has 1 unspecified atom stereocenters. The molecular formula is C8H14O3. The van der Waals surface area contributed by atoms with Crippen LogP contribution in [0, 0.1) is 0 Å². The highest BCUT2D eigenvalue weighted by Gasteiger charge is 2.20. The quantitative estimate of drug-likeness (QED) is 0.608. The van der Waals surface area contributed by atoms with Crippen molar-refractivity contribution in [1.29, 1.82) is 0 Å². The average Bonchev–Trinajstić information content (AvgIpc) is 2.07. The lowest BCUT2D eigenvalue weighted by molar-refractivity contribution is -0.136. The predicted octanol–water partition coefficient (Wildman–Crippen LogP) is 0.771. The Morgan fingerprint density at radius 1 is 1.64 bits per heavy atom. The second kappa shape index (κ2) is 4.46. The Bertz CT molecular complexity index is 127. The maximum Gasteiger partial charge on any atom is 0.187 e. The predicted molar refractivity (Wildman–Crippen MR) is 40.5 cm³/mol. The number of Topliss-reactive ketones (excluding diaryl/α,β-unsaturated/α-hetero) is 1. The van der Waals surface area contributed by atoms with Crippen molar-refractivity contribution in [2.75, 3.05) is 20.3 Å². The normalized spacial score (nSPS) is 25.0. The van der Waals surface area contributed by atoms with Crippen molar-refractivity contribution in [3.63, 3.8) is 0 Å². The first-order valence-corrected chi connectivity index (χ1v) is 3.98. The van der Waals surface area contributed by atoms with E-state index in [0.717, 1.165) is 25.9 Å². The van der Waals surface area contributed by atoms with Gasteiger partial charge in [-0.1, -0.05) is 0 Å². The van der Waals surface area contributed by atoms with Gasteiger partial charge in [0.05, 0.1) is 0 Å². The van der Waals surface area contributed by atoms with E-state index < -0.39 is 0 Å². The molecule has 1 atom stereocenters. The van der Waals surface area contributed by atoms with Crippen molar-refractivity contribution in [2.24, 2.45) is 0 Å². The van der Waals surface area contributed by atoms with E-state index in [4.69, 9.17) is 9.47 Å². The van der Waals surface area contributed by atoms with Gasteiger partial charge in [-0.25, -0.2) is 0 Å². The van der Waals surface area contributed by atoms with Crippen molar-refractivity contribution in [3.05, 3.63) is 0 Å². The molecule has 0 N–H and O–H groups in total. The summed E-state index contributed by atoms with van der Waals surface area (Å²) in [6, 6.07) is 0. The molecule has 0 aromatic carbocycles. The van der Waals surface area contributed by atoms with Crippen LogP contribution in [0.2, 0.25) is 0 Å². The Kier molecular flexibility index (Phi) is 3.52. The van der Waals surface area contributed by atoms with E-state index in [0.29, 0.717) is 0 Å². The second-order valence-electron chi connectivity index (χ2n) is 2.75. The van der Waals surface area contributed by atoms with Crippen molar-refractivity contribution < 1.29 is 14.3 Å². The third kappa shape index (κ3) is 2.60. The maximum absolute atomic E-state index is 11.1. The van der Waals surface area contributed by atoms with E-state index in [1.165, 1.54) is 7.11 Å². The lowest BCUT2D eigenvalue weighted by Gasteiger charge is -2.20. The summed E-state index contributed by atoms with van der Waals surface area (Å²) in [4.78, 5) is 11.1. The zero-order chi connectivity index (χ0) is 8.10. The zero-order valence-electron chi connectivity index (χ0n) is 6.84. The monoisotopic (exact) mass is 158 g/mol. The first-order valence-electron chi connectivity index (χ1n) is 3.98. The van der Waals surface area contributed by atoms with Crippen molar-refractivity contribution >= 4 is 5.78 Å². The van der Waals surface area contributed by atoms with Gasteiger partial charge in [0.25, 0.3) is 0 Å². The molecule has 1 aliphatic rings. The van der Waals surface area contributed by atoms with Gasteiger partial charge in [-0.2, -0.15) is 0 Å². The molecule has 1 saturated heterocycles. The second-order valence-corrected chi connectivity index (χ2v) is 2.75. The van der Waals surface area contributed by atoms with Gasteiger partial charge >= 0.3 is 0 Å². The summed E-state index contributed by atoms with van der Waals surface area (Å²) in [7, 11) is 1.53. The van der Waals surface area contributed by atoms with Crippen LogP contribution in [0.25, 0.3) is 0 Å². The first-order chi connectivity index (χ1) is 5.34. The van der Waals surface area contributed by atoms with Crippen LogP contribution < -0.4 is 0 Å².